The highest BCUT2D eigenvalue weighted by Crippen LogP contribution is 2.42. The van der Waals surface area contributed by atoms with Gasteiger partial charge in [-0.25, -0.2) is 0 Å². The highest BCUT2D eigenvalue weighted by Gasteiger charge is 2.45. The second kappa shape index (κ2) is 19.5. The molecule has 284 valence electrons. The van der Waals surface area contributed by atoms with Crippen molar-refractivity contribution in [1.82, 2.24) is 0 Å². The molecule has 2 aliphatic carbocycles. The molecule has 4 rings (SSSR count). The van der Waals surface area contributed by atoms with Crippen LogP contribution in [0.2, 0.25) is 63.5 Å². The minimum Gasteiger partial charge on any atom is -0.436 e. The van der Waals surface area contributed by atoms with Crippen molar-refractivity contribution in [3.8, 4) is 0 Å². The average molecular weight is 753 g/mol. The fourth-order valence-corrected chi connectivity index (χ4v) is 22.5. The highest BCUT2D eigenvalue weighted by molar-refractivity contribution is 6.83. The predicted octanol–water partition coefficient (Wildman–Crippen LogP) is 6.77. The Kier molecular flexibility index (Phi) is 17.4. The SMILES string of the molecule is CO[Si](C)(CCC1CCC2OC2C1)O[Si](C)(C)CCC1CCC(O)C(C)C1.CO[Si](C)(CCOC1CO1)O[Si](C)(C)CCOCC(C)O. The minimum atomic E-state index is -2.20. The lowest BCUT2D eigenvalue weighted by Gasteiger charge is -2.37. The number of hydrogen-bond acceptors (Lipinski definition) is 10. The summed E-state index contributed by atoms with van der Waals surface area (Å²) in [6, 6.07) is 4.02. The number of ether oxygens (including phenoxy) is 4. The number of fused-ring (bicyclic) bond motifs is 1. The number of hydrogen-bond donors (Lipinski definition) is 2. The molecule has 0 aromatic carbocycles. The first-order valence-corrected chi connectivity index (χ1v) is 30.1. The molecule has 0 amide bonds. The van der Waals surface area contributed by atoms with Crippen LogP contribution in [0.5, 0.6) is 0 Å². The van der Waals surface area contributed by atoms with Crippen molar-refractivity contribution in [2.45, 2.75) is 159 Å². The van der Waals surface area contributed by atoms with Crippen molar-refractivity contribution >= 4 is 33.8 Å². The van der Waals surface area contributed by atoms with Gasteiger partial charge in [0.15, 0.2) is 22.9 Å². The van der Waals surface area contributed by atoms with Crippen LogP contribution in [0.3, 0.4) is 0 Å². The van der Waals surface area contributed by atoms with Gasteiger partial charge < -0.3 is 46.2 Å². The molecule has 10 unspecified atom stereocenters. The predicted molar refractivity (Wildman–Crippen MR) is 200 cm³/mol. The Hall–Kier alpha value is 0.468. The Balaban J connectivity index is 0.000000270. The van der Waals surface area contributed by atoms with Gasteiger partial charge in [0.1, 0.15) is 6.61 Å². The van der Waals surface area contributed by atoms with Crippen LogP contribution in [0.15, 0.2) is 0 Å². The molecule has 2 aliphatic heterocycles. The van der Waals surface area contributed by atoms with E-state index in [-0.39, 0.29) is 12.4 Å². The average Bonchev–Trinajstić information content (AvgIpc) is 3.95. The van der Waals surface area contributed by atoms with E-state index in [4.69, 9.17) is 36.0 Å². The lowest BCUT2D eigenvalue weighted by atomic mass is 9.79. The molecule has 0 aromatic rings. The van der Waals surface area contributed by atoms with Gasteiger partial charge in [-0.3, -0.25) is 0 Å². The molecule has 0 radical (unpaired) electrons. The topological polar surface area (TPSA) is 121 Å². The Morgan fingerprint density at radius 1 is 0.750 bits per heavy atom. The van der Waals surface area contributed by atoms with Crippen LogP contribution in [-0.2, 0) is 36.0 Å². The van der Waals surface area contributed by atoms with E-state index in [1.54, 1.807) is 14.0 Å². The zero-order chi connectivity index (χ0) is 35.6. The van der Waals surface area contributed by atoms with Crippen molar-refractivity contribution in [2.75, 3.05) is 40.6 Å². The first-order chi connectivity index (χ1) is 22.5. The third-order valence-corrected chi connectivity index (χ3v) is 25.5. The third-order valence-electron chi connectivity index (χ3n) is 10.7. The van der Waals surface area contributed by atoms with Crippen molar-refractivity contribution in [3.63, 3.8) is 0 Å². The van der Waals surface area contributed by atoms with Crippen LogP contribution in [0, 0.1) is 17.8 Å². The van der Waals surface area contributed by atoms with Gasteiger partial charge in [0.25, 0.3) is 0 Å². The summed E-state index contributed by atoms with van der Waals surface area (Å²) in [5.74, 6) is 2.03. The van der Waals surface area contributed by atoms with E-state index in [0.717, 1.165) is 36.4 Å². The van der Waals surface area contributed by atoms with Crippen molar-refractivity contribution in [3.05, 3.63) is 0 Å². The quantitative estimate of drug-likeness (QED) is 0.0739. The van der Waals surface area contributed by atoms with Crippen molar-refractivity contribution in [2.24, 2.45) is 17.8 Å². The van der Waals surface area contributed by atoms with Gasteiger partial charge in [0.05, 0.1) is 37.6 Å². The Morgan fingerprint density at radius 3 is 1.92 bits per heavy atom. The molecule has 0 bridgehead atoms. The Morgan fingerprint density at radius 2 is 1.33 bits per heavy atom. The molecule has 10 nitrogen and oxygen atoms in total. The normalized spacial score (nSPS) is 31.9. The molecule has 14 heteroatoms. The molecule has 2 saturated heterocycles. The Bertz CT molecular complexity index is 928. The largest absolute Gasteiger partial charge is 0.436 e. The van der Waals surface area contributed by atoms with Gasteiger partial charge in [-0.2, -0.15) is 0 Å². The van der Waals surface area contributed by atoms with Crippen molar-refractivity contribution in [1.29, 1.82) is 0 Å². The number of aliphatic hydroxyl groups is 2. The van der Waals surface area contributed by atoms with Gasteiger partial charge in [0, 0.05) is 26.9 Å². The molecule has 0 spiro atoms. The summed E-state index contributed by atoms with van der Waals surface area (Å²) < 4.78 is 46.5. The van der Waals surface area contributed by atoms with Gasteiger partial charge in [-0.1, -0.05) is 13.3 Å². The molecule has 4 fully saturated rings. The molecule has 48 heavy (non-hydrogen) atoms. The fraction of sp³-hybridized carbons (Fsp3) is 1.00. The smallest absolute Gasteiger partial charge is 0.326 e. The van der Waals surface area contributed by atoms with Crippen LogP contribution in [0.4, 0.5) is 0 Å². The standard InChI is InChI=1S/C21H42O4Si2.C13H30O6Si2/c1-16-14-17(6-8-19(16)22)10-12-26(3,4)25-27(5,23-2)13-11-18-7-9-20-21(15-18)24-20;1-12(14)10-16-6-8-20(3,4)19-21(5,15-2)9-7-17-13-11-18-13/h16-22H,6-15H2,1-5H3;12-14H,6-11H2,1-5H3. The van der Waals surface area contributed by atoms with Crippen LogP contribution in [-0.4, -0.2) is 115 Å². The summed E-state index contributed by atoms with van der Waals surface area (Å²) in [4.78, 5) is 0. The van der Waals surface area contributed by atoms with E-state index in [1.165, 1.54) is 51.0 Å². The molecule has 2 N–H and O–H groups in total. The zero-order valence-electron chi connectivity index (χ0n) is 32.1. The molecule has 2 heterocycles. The van der Waals surface area contributed by atoms with E-state index in [9.17, 15) is 10.2 Å². The number of rotatable bonds is 21. The van der Waals surface area contributed by atoms with Gasteiger partial charge in [-0.05, 0) is 127 Å². The molecule has 4 aliphatic rings. The summed E-state index contributed by atoms with van der Waals surface area (Å²) in [5, 5.41) is 19.1. The second-order valence-corrected chi connectivity index (χ2v) is 32.7. The summed E-state index contributed by atoms with van der Waals surface area (Å²) in [6.45, 7) is 19.7. The van der Waals surface area contributed by atoms with Gasteiger partial charge in [-0.15, -0.1) is 0 Å². The first-order valence-electron chi connectivity index (χ1n) is 18.8. The lowest BCUT2D eigenvalue weighted by molar-refractivity contribution is 0.0510. The summed E-state index contributed by atoms with van der Waals surface area (Å²) in [7, 11) is -4.28. The maximum absolute atomic E-state index is 9.96. The molecule has 10 atom stereocenters. The fourth-order valence-electron chi connectivity index (χ4n) is 7.26. The van der Waals surface area contributed by atoms with Crippen molar-refractivity contribution < 1.29 is 46.2 Å². The number of epoxide rings is 2. The third kappa shape index (κ3) is 16.4. The maximum Gasteiger partial charge on any atom is 0.326 e. The van der Waals surface area contributed by atoms with E-state index in [2.05, 4.69) is 46.2 Å². The summed E-state index contributed by atoms with van der Waals surface area (Å²) >= 11 is 0. The van der Waals surface area contributed by atoms with Gasteiger partial charge >= 0.3 is 17.1 Å². The first kappa shape index (κ1) is 42.9. The van der Waals surface area contributed by atoms with Crippen LogP contribution in [0.25, 0.3) is 0 Å². The molecule has 2 saturated carbocycles. The summed E-state index contributed by atoms with van der Waals surface area (Å²) in [6.07, 6.45) is 10.3. The van der Waals surface area contributed by atoms with Crippen LogP contribution >= 0.6 is 0 Å². The van der Waals surface area contributed by atoms with Crippen LogP contribution < -0.4 is 0 Å². The zero-order valence-corrected chi connectivity index (χ0v) is 36.1. The molecule has 0 aromatic heterocycles. The second-order valence-electron chi connectivity index (χ2n) is 16.7. The highest BCUT2D eigenvalue weighted by atomic mass is 28.4. The maximum atomic E-state index is 9.96. The van der Waals surface area contributed by atoms with E-state index in [0.29, 0.717) is 44.6 Å². The minimum absolute atomic E-state index is 0.0146. The van der Waals surface area contributed by atoms with E-state index >= 15 is 0 Å². The Labute approximate surface area is 297 Å². The molecular weight excluding hydrogens is 681 g/mol. The van der Waals surface area contributed by atoms with Gasteiger partial charge in [0.2, 0.25) is 0 Å². The molecular formula is C34H72O10Si4. The van der Waals surface area contributed by atoms with E-state index < -0.39 is 39.9 Å². The van der Waals surface area contributed by atoms with E-state index in [1.807, 2.05) is 7.11 Å². The van der Waals surface area contributed by atoms with Crippen LogP contribution in [0.1, 0.15) is 65.2 Å². The number of aliphatic hydroxyl groups excluding tert-OH is 2. The monoisotopic (exact) mass is 752 g/mol. The lowest BCUT2D eigenvalue weighted by Crippen LogP contribution is -2.49. The summed E-state index contributed by atoms with van der Waals surface area (Å²) in [5.41, 5.74) is 0.